The molecule has 0 spiro atoms. The molecule has 0 bridgehead atoms. The number of ether oxygens (including phenoxy) is 1. The molecular weight excluding hydrogens is 478 g/mol. The van der Waals surface area contributed by atoms with Crippen LogP contribution in [0.1, 0.15) is 38.8 Å². The highest BCUT2D eigenvalue weighted by molar-refractivity contribution is 7.90. The van der Waals surface area contributed by atoms with Crippen LogP contribution >= 0.6 is 0 Å². The molecule has 9 nitrogen and oxygen atoms in total. The Hall–Kier alpha value is -3.63. The average Bonchev–Trinajstić information content (AvgIpc) is 2.79. The smallest absolute Gasteiger partial charge is 0.412 e. The Morgan fingerprint density at radius 2 is 1.75 bits per heavy atom. The lowest BCUT2D eigenvalue weighted by Gasteiger charge is -2.23. The Bertz CT molecular complexity index is 1200. The van der Waals surface area contributed by atoms with Crippen molar-refractivity contribution >= 4 is 40.4 Å². The zero-order valence-electron chi connectivity index (χ0n) is 21.1. The number of aromatic nitrogens is 2. The maximum atomic E-state index is 12.4. The van der Waals surface area contributed by atoms with Crippen molar-refractivity contribution in [2.45, 2.75) is 51.5 Å². The number of benzene rings is 2. The van der Waals surface area contributed by atoms with Crippen molar-refractivity contribution in [3.63, 3.8) is 0 Å². The van der Waals surface area contributed by atoms with Gasteiger partial charge in [0.25, 0.3) is 0 Å². The molecule has 1 atom stereocenters. The number of carbonyl (C=O) groups excluding carboxylic acids is 2. The summed E-state index contributed by atoms with van der Waals surface area (Å²) in [4.78, 5) is 34.9. The minimum absolute atomic E-state index is 0.100. The van der Waals surface area contributed by atoms with Gasteiger partial charge >= 0.3 is 11.2 Å². The van der Waals surface area contributed by atoms with Crippen molar-refractivity contribution in [3.05, 3.63) is 71.9 Å². The van der Waals surface area contributed by atoms with E-state index >= 15 is 0 Å². The highest BCUT2D eigenvalue weighted by atomic mass is 32.2. The molecule has 2 aromatic carbocycles. The summed E-state index contributed by atoms with van der Waals surface area (Å²) in [6.07, 6.45) is 2.51. The highest BCUT2D eigenvalue weighted by Gasteiger charge is 2.19. The van der Waals surface area contributed by atoms with E-state index in [9.17, 15) is 14.1 Å². The second kappa shape index (κ2) is 11.9. The quantitative estimate of drug-likeness (QED) is 0.329. The molecule has 2 amide bonds. The molecule has 3 rings (SSSR count). The Balaban J connectivity index is 1.85. The van der Waals surface area contributed by atoms with Gasteiger partial charge in [-0.05, 0) is 44.5 Å². The zero-order valence-corrected chi connectivity index (χ0v) is 21.9. The number of carbonyl (C=O) groups is 2. The molecule has 0 aliphatic carbocycles. The monoisotopic (exact) mass is 509 g/mol. The van der Waals surface area contributed by atoms with Gasteiger partial charge in [0.15, 0.2) is 0 Å². The van der Waals surface area contributed by atoms with Gasteiger partial charge in [0.05, 0.1) is 6.54 Å². The number of nitrogens with zero attached hydrogens (tertiary/aromatic N) is 3. The van der Waals surface area contributed by atoms with Gasteiger partial charge in [0.1, 0.15) is 17.7 Å². The summed E-state index contributed by atoms with van der Waals surface area (Å²) >= 11 is -1.40. The highest BCUT2D eigenvalue weighted by Crippen LogP contribution is 2.24. The van der Waals surface area contributed by atoms with Crippen LogP contribution in [-0.4, -0.2) is 43.3 Å². The number of rotatable bonds is 8. The van der Waals surface area contributed by atoms with E-state index in [1.165, 1.54) is 13.2 Å². The summed E-state index contributed by atoms with van der Waals surface area (Å²) in [6, 6.07) is 16.7. The summed E-state index contributed by atoms with van der Waals surface area (Å²) in [7, 11) is 0. The second-order valence-corrected chi connectivity index (χ2v) is 10.4. The van der Waals surface area contributed by atoms with Gasteiger partial charge in [-0.15, -0.1) is 0 Å². The molecule has 0 aliphatic rings. The van der Waals surface area contributed by atoms with Crippen molar-refractivity contribution in [3.8, 4) is 0 Å². The van der Waals surface area contributed by atoms with Crippen LogP contribution in [-0.2, 0) is 33.8 Å². The third-order valence-electron chi connectivity index (χ3n) is 4.89. The van der Waals surface area contributed by atoms with E-state index in [-0.39, 0.29) is 17.6 Å². The van der Waals surface area contributed by atoms with Crippen molar-refractivity contribution in [2.24, 2.45) is 0 Å². The van der Waals surface area contributed by atoms with Crippen LogP contribution in [0, 0.1) is 0 Å². The fourth-order valence-corrected chi connectivity index (χ4v) is 3.69. The molecule has 0 aliphatic heterocycles. The van der Waals surface area contributed by atoms with Gasteiger partial charge in [0, 0.05) is 47.8 Å². The van der Waals surface area contributed by atoms with Crippen LogP contribution in [0.2, 0.25) is 0 Å². The molecule has 0 saturated carbocycles. The first-order valence-electron chi connectivity index (χ1n) is 11.4. The molecule has 36 heavy (non-hydrogen) atoms. The van der Waals surface area contributed by atoms with E-state index in [1.807, 2.05) is 30.3 Å². The fourth-order valence-electron chi connectivity index (χ4n) is 3.27. The minimum atomic E-state index is -1.40. The van der Waals surface area contributed by atoms with Crippen LogP contribution in [0.3, 0.4) is 0 Å². The molecule has 0 fully saturated rings. The zero-order chi connectivity index (χ0) is 26.3. The van der Waals surface area contributed by atoms with E-state index in [2.05, 4.69) is 20.6 Å². The van der Waals surface area contributed by atoms with Gasteiger partial charge < -0.3 is 19.5 Å². The Morgan fingerprint density at radius 1 is 1.06 bits per heavy atom. The van der Waals surface area contributed by atoms with Crippen LogP contribution in [0.25, 0.3) is 0 Å². The average molecular weight is 510 g/mol. The first-order valence-corrected chi connectivity index (χ1v) is 12.9. The van der Waals surface area contributed by atoms with Crippen LogP contribution in [0.15, 0.2) is 66.0 Å². The topological polar surface area (TPSA) is 120 Å². The summed E-state index contributed by atoms with van der Waals surface area (Å²) in [5.41, 5.74) is 2.19. The lowest BCUT2D eigenvalue weighted by Crippen LogP contribution is -2.28. The van der Waals surface area contributed by atoms with Crippen molar-refractivity contribution < 1.29 is 18.9 Å². The maximum absolute atomic E-state index is 12.4. The maximum Gasteiger partial charge on any atom is 0.412 e. The molecule has 2 N–H and O–H groups in total. The Morgan fingerprint density at radius 3 is 2.39 bits per heavy atom. The molecular formula is C26H31N5O4S. The van der Waals surface area contributed by atoms with Crippen LogP contribution < -0.4 is 10.6 Å². The van der Waals surface area contributed by atoms with Gasteiger partial charge in [-0.25, -0.2) is 4.79 Å². The van der Waals surface area contributed by atoms with Gasteiger partial charge in [0.2, 0.25) is 5.91 Å². The summed E-state index contributed by atoms with van der Waals surface area (Å²) < 4.78 is 17.4. The molecule has 10 heteroatoms. The van der Waals surface area contributed by atoms with Gasteiger partial charge in [-0.1, -0.05) is 36.4 Å². The summed E-state index contributed by atoms with van der Waals surface area (Å²) in [6.45, 7) is 7.55. The first kappa shape index (κ1) is 27.0. The lowest BCUT2D eigenvalue weighted by molar-refractivity contribution is -0.130. The van der Waals surface area contributed by atoms with Crippen LogP contribution in [0.4, 0.5) is 22.0 Å². The van der Waals surface area contributed by atoms with Gasteiger partial charge in [-0.3, -0.25) is 10.1 Å². The van der Waals surface area contributed by atoms with Crippen molar-refractivity contribution in [1.29, 1.82) is 0 Å². The predicted molar refractivity (Wildman–Crippen MR) is 140 cm³/mol. The van der Waals surface area contributed by atoms with Crippen molar-refractivity contribution in [2.75, 3.05) is 16.9 Å². The van der Waals surface area contributed by atoms with E-state index in [0.717, 1.165) is 5.56 Å². The molecule has 1 aromatic heterocycles. The van der Waals surface area contributed by atoms with E-state index in [0.29, 0.717) is 29.3 Å². The van der Waals surface area contributed by atoms with Crippen LogP contribution in [0.5, 0.6) is 0 Å². The van der Waals surface area contributed by atoms with E-state index in [4.69, 9.17) is 4.74 Å². The number of nitrogens with one attached hydrogen (secondary N) is 2. The number of amides is 2. The minimum Gasteiger partial charge on any atom is -0.609 e. The predicted octanol–water partition coefficient (Wildman–Crippen LogP) is 4.85. The molecule has 0 saturated heterocycles. The lowest BCUT2D eigenvalue weighted by atomic mass is 10.2. The standard InChI is InChI=1S/C26H31N5O4S/c1-18(32)31(16-19-10-7-6-8-11-19)17-20-15-27-24(36(5)34)30-23(20)28-21-12-9-13-22(14-21)29-25(33)35-26(2,3)4/h6-15H,16-17H2,1-5H3,(H,29,33)(H,27,28,30). The third-order valence-corrected chi connectivity index (χ3v) is 5.60. The third kappa shape index (κ3) is 8.24. The van der Waals surface area contributed by atoms with Crippen molar-refractivity contribution in [1.82, 2.24) is 14.9 Å². The number of hydrogen-bond donors (Lipinski definition) is 2. The molecule has 190 valence electrons. The first-order chi connectivity index (χ1) is 17.0. The molecule has 3 aromatic rings. The normalized spacial score (nSPS) is 11.9. The van der Waals surface area contributed by atoms with E-state index in [1.54, 1.807) is 56.1 Å². The largest absolute Gasteiger partial charge is 0.609 e. The van der Waals surface area contributed by atoms with Gasteiger partial charge in [-0.2, -0.15) is 9.97 Å². The molecule has 1 heterocycles. The fraction of sp³-hybridized carbons (Fsp3) is 0.308. The molecule has 1 unspecified atom stereocenters. The van der Waals surface area contributed by atoms with E-state index < -0.39 is 22.9 Å². The summed E-state index contributed by atoms with van der Waals surface area (Å²) in [5.74, 6) is 0.320. The SMILES string of the molecule is CC(=O)N(Cc1ccccc1)Cc1cnc([S+](C)[O-])nc1Nc1cccc(NC(=O)OC(C)(C)C)c1. The summed E-state index contributed by atoms with van der Waals surface area (Å²) in [5, 5.41) is 6.10. The number of hydrogen-bond acceptors (Lipinski definition) is 7. The second-order valence-electron chi connectivity index (χ2n) is 9.17. The Labute approximate surface area is 214 Å². The molecule has 0 radical (unpaired) electrons. The Kier molecular flexibility index (Phi) is 8.89. The number of anilines is 3.